The number of nitrogens with zero attached hydrogens (tertiary/aromatic N) is 3. The Morgan fingerprint density at radius 3 is 3.04 bits per heavy atom. The molecule has 6 nitrogen and oxygen atoms in total. The molecule has 0 amide bonds. The fourth-order valence-electron chi connectivity index (χ4n) is 2.89. The Kier molecular flexibility index (Phi) is 3.31. The van der Waals surface area contributed by atoms with Crippen molar-refractivity contribution in [2.75, 3.05) is 12.1 Å². The molecule has 0 spiro atoms. The average Bonchev–Trinajstić information content (AvgIpc) is 3.38. The van der Waals surface area contributed by atoms with Gasteiger partial charge in [-0.3, -0.25) is 4.40 Å². The monoisotopic (exact) mass is 350 g/mol. The minimum Gasteiger partial charge on any atom is -0.454 e. The Balaban J connectivity index is 1.43. The summed E-state index contributed by atoms with van der Waals surface area (Å²) in [6.07, 6.45) is 5.60. The zero-order valence-corrected chi connectivity index (χ0v) is 14.0. The van der Waals surface area contributed by atoms with Gasteiger partial charge in [0.25, 0.3) is 0 Å². The topological polar surface area (TPSA) is 60.7 Å². The van der Waals surface area contributed by atoms with Crippen molar-refractivity contribution >= 4 is 22.8 Å². The van der Waals surface area contributed by atoms with Crippen molar-refractivity contribution in [3.8, 4) is 22.1 Å². The van der Waals surface area contributed by atoms with E-state index in [-0.39, 0.29) is 6.79 Å². The normalized spacial score (nSPS) is 12.6. The number of fused-ring (bicyclic) bond motifs is 2. The minimum absolute atomic E-state index is 0.284. The number of aromatic nitrogens is 3. The molecule has 0 radical (unpaired) electrons. The van der Waals surface area contributed by atoms with Crippen molar-refractivity contribution in [3.63, 3.8) is 0 Å². The molecule has 1 aliphatic heterocycles. The summed E-state index contributed by atoms with van der Waals surface area (Å²) >= 11 is 1.70. The van der Waals surface area contributed by atoms with E-state index >= 15 is 0 Å². The van der Waals surface area contributed by atoms with Gasteiger partial charge in [-0.2, -0.15) is 0 Å². The van der Waals surface area contributed by atoms with Crippen LogP contribution in [0.1, 0.15) is 5.56 Å². The summed E-state index contributed by atoms with van der Waals surface area (Å²) in [6, 6.07) is 10.1. The van der Waals surface area contributed by atoms with Crippen molar-refractivity contribution < 1.29 is 9.47 Å². The minimum atomic E-state index is 0.284. The van der Waals surface area contributed by atoms with Crippen LogP contribution in [0.15, 0.2) is 54.3 Å². The van der Waals surface area contributed by atoms with Gasteiger partial charge in [-0.1, -0.05) is 12.1 Å². The molecule has 7 heteroatoms. The molecule has 0 fully saturated rings. The molecule has 0 saturated heterocycles. The van der Waals surface area contributed by atoms with Crippen molar-refractivity contribution in [2.45, 2.75) is 6.54 Å². The van der Waals surface area contributed by atoms with E-state index in [2.05, 4.69) is 31.1 Å². The zero-order valence-electron chi connectivity index (χ0n) is 13.2. The van der Waals surface area contributed by atoms with Crippen molar-refractivity contribution in [1.29, 1.82) is 0 Å². The number of anilines is 1. The van der Waals surface area contributed by atoms with E-state index < -0.39 is 0 Å². The number of hydrogen-bond acceptors (Lipinski definition) is 6. The number of nitrogens with one attached hydrogen (secondary N) is 1. The lowest BCUT2D eigenvalue weighted by Gasteiger charge is -2.08. The second-order valence-corrected chi connectivity index (χ2v) is 6.58. The lowest BCUT2D eigenvalue weighted by molar-refractivity contribution is 0.174. The quantitative estimate of drug-likeness (QED) is 0.607. The van der Waals surface area contributed by atoms with Gasteiger partial charge in [0.05, 0.1) is 16.8 Å². The van der Waals surface area contributed by atoms with Crippen LogP contribution >= 0.6 is 11.3 Å². The highest BCUT2D eigenvalue weighted by Gasteiger charge is 2.14. The second kappa shape index (κ2) is 5.78. The van der Waals surface area contributed by atoms with E-state index in [1.54, 1.807) is 17.5 Å². The average molecular weight is 350 g/mol. The third-order valence-corrected chi connectivity index (χ3v) is 4.99. The fourth-order valence-corrected chi connectivity index (χ4v) is 3.62. The molecule has 0 saturated carbocycles. The number of imidazole rings is 1. The first kappa shape index (κ1) is 14.3. The van der Waals surface area contributed by atoms with Crippen LogP contribution in [0.25, 0.3) is 16.2 Å². The van der Waals surface area contributed by atoms with Gasteiger partial charge in [-0.05, 0) is 29.1 Å². The van der Waals surface area contributed by atoms with E-state index in [1.807, 2.05) is 36.7 Å². The van der Waals surface area contributed by atoms with Crippen LogP contribution in [0.3, 0.4) is 0 Å². The predicted molar refractivity (Wildman–Crippen MR) is 96.2 cm³/mol. The molecule has 4 heterocycles. The number of hydrogen-bond donors (Lipinski definition) is 1. The molecule has 5 rings (SSSR count). The van der Waals surface area contributed by atoms with Crippen molar-refractivity contribution in [3.05, 3.63) is 59.9 Å². The van der Waals surface area contributed by atoms with Crippen LogP contribution in [0.5, 0.6) is 11.5 Å². The van der Waals surface area contributed by atoms with Crippen LogP contribution in [0.2, 0.25) is 0 Å². The molecule has 124 valence electrons. The number of rotatable bonds is 4. The lowest BCUT2D eigenvalue weighted by atomic mass is 10.2. The lowest BCUT2D eigenvalue weighted by Crippen LogP contribution is -2.04. The summed E-state index contributed by atoms with van der Waals surface area (Å²) < 4.78 is 12.8. The van der Waals surface area contributed by atoms with Crippen LogP contribution in [-0.4, -0.2) is 21.2 Å². The first-order valence-corrected chi connectivity index (χ1v) is 8.75. The van der Waals surface area contributed by atoms with Crippen LogP contribution in [0, 0.1) is 0 Å². The van der Waals surface area contributed by atoms with Gasteiger partial charge in [0.2, 0.25) is 6.79 Å². The van der Waals surface area contributed by atoms with E-state index in [4.69, 9.17) is 9.47 Å². The molecule has 1 aliphatic rings. The van der Waals surface area contributed by atoms with Crippen LogP contribution < -0.4 is 14.8 Å². The maximum absolute atomic E-state index is 5.43. The summed E-state index contributed by atoms with van der Waals surface area (Å²) in [5.41, 5.74) is 2.98. The molecule has 0 bridgehead atoms. The van der Waals surface area contributed by atoms with Gasteiger partial charge in [-0.15, -0.1) is 11.3 Å². The highest BCUT2D eigenvalue weighted by atomic mass is 32.1. The van der Waals surface area contributed by atoms with Gasteiger partial charge < -0.3 is 14.8 Å². The Bertz CT molecular complexity index is 1040. The third kappa shape index (κ3) is 2.49. The Hall–Kier alpha value is -3.06. The summed E-state index contributed by atoms with van der Waals surface area (Å²) in [7, 11) is 0. The molecule has 0 aliphatic carbocycles. The Labute approximate surface area is 147 Å². The fraction of sp³-hybridized carbons (Fsp3) is 0.111. The zero-order chi connectivity index (χ0) is 16.6. The van der Waals surface area contributed by atoms with Crippen LogP contribution in [-0.2, 0) is 6.54 Å². The summed E-state index contributed by atoms with van der Waals surface area (Å²) in [6.45, 7) is 0.914. The highest BCUT2D eigenvalue weighted by molar-refractivity contribution is 7.13. The molecule has 25 heavy (non-hydrogen) atoms. The largest absolute Gasteiger partial charge is 0.454 e. The van der Waals surface area contributed by atoms with Crippen molar-refractivity contribution in [2.24, 2.45) is 0 Å². The molecule has 1 N–H and O–H groups in total. The number of thiophene rings is 1. The van der Waals surface area contributed by atoms with Gasteiger partial charge in [0.15, 0.2) is 23.0 Å². The van der Waals surface area contributed by atoms with E-state index in [9.17, 15) is 0 Å². The molecule has 1 aromatic carbocycles. The standard InChI is InChI=1S/C18H14N4O2S/c1-2-16(25-7-1)13-10-21-18-17(19-5-6-22(13)18)20-9-12-3-4-14-15(8-12)24-11-23-14/h1-8,10H,9,11H2,(H,19,20). The third-order valence-electron chi connectivity index (χ3n) is 4.10. The smallest absolute Gasteiger partial charge is 0.231 e. The molecule has 4 aromatic rings. The van der Waals surface area contributed by atoms with Gasteiger partial charge in [0.1, 0.15) is 0 Å². The number of benzene rings is 1. The maximum Gasteiger partial charge on any atom is 0.231 e. The highest BCUT2D eigenvalue weighted by Crippen LogP contribution is 2.33. The van der Waals surface area contributed by atoms with Gasteiger partial charge in [0, 0.05) is 18.9 Å². The molecular weight excluding hydrogens is 336 g/mol. The first-order chi connectivity index (χ1) is 12.4. The summed E-state index contributed by atoms with van der Waals surface area (Å²) in [5, 5.41) is 5.43. The van der Waals surface area contributed by atoms with Crippen LogP contribution in [0.4, 0.5) is 5.82 Å². The predicted octanol–water partition coefficient (Wildman–Crippen LogP) is 3.80. The van der Waals surface area contributed by atoms with Crippen molar-refractivity contribution in [1.82, 2.24) is 14.4 Å². The summed E-state index contributed by atoms with van der Waals surface area (Å²) in [5.74, 6) is 2.33. The molecule has 3 aromatic heterocycles. The molecule has 0 atom stereocenters. The Morgan fingerprint density at radius 1 is 1.16 bits per heavy atom. The maximum atomic E-state index is 5.43. The van der Waals surface area contributed by atoms with Gasteiger partial charge >= 0.3 is 0 Å². The summed E-state index contributed by atoms with van der Waals surface area (Å²) in [4.78, 5) is 10.2. The number of ether oxygens (including phenoxy) is 2. The molecule has 0 unspecified atom stereocenters. The Morgan fingerprint density at radius 2 is 2.12 bits per heavy atom. The first-order valence-electron chi connectivity index (χ1n) is 7.87. The van der Waals surface area contributed by atoms with E-state index in [1.165, 1.54) is 4.88 Å². The second-order valence-electron chi connectivity index (χ2n) is 5.63. The van der Waals surface area contributed by atoms with E-state index in [0.717, 1.165) is 34.2 Å². The SMILES string of the molecule is c1csc(-c2cnc3c(NCc4ccc5c(c4)OCO5)nccn23)c1. The molecular formula is C18H14N4O2S. The van der Waals surface area contributed by atoms with Gasteiger partial charge in [-0.25, -0.2) is 9.97 Å². The van der Waals surface area contributed by atoms with E-state index in [0.29, 0.717) is 6.54 Å².